The van der Waals surface area contributed by atoms with Crippen LogP contribution in [0.5, 0.6) is 0 Å². The molecule has 12 nitrogen and oxygen atoms in total. The molecule has 1 heterocycles. The van der Waals surface area contributed by atoms with Crippen molar-refractivity contribution < 1.29 is 14.3 Å². The molecule has 0 fully saturated rings. The number of benzene rings is 5. The van der Waals surface area contributed by atoms with Gasteiger partial charge in [0.15, 0.2) is 23.9 Å². The zero-order chi connectivity index (χ0) is 65.4. The Morgan fingerprint density at radius 2 is 0.916 bits per heavy atom. The van der Waals surface area contributed by atoms with Gasteiger partial charge in [0.05, 0.1) is 11.4 Å². The summed E-state index contributed by atoms with van der Waals surface area (Å²) in [5.41, 5.74) is 15.6. The van der Waals surface area contributed by atoms with Gasteiger partial charge in [-0.3, -0.25) is 19.8 Å². The summed E-state index contributed by atoms with van der Waals surface area (Å²) < 4.78 is 4.98. The van der Waals surface area contributed by atoms with Crippen LogP contribution in [-0.2, 0) is 4.74 Å². The number of aromatic nitrogens is 2. The molecule has 83 heavy (non-hydrogen) atoms. The van der Waals surface area contributed by atoms with Gasteiger partial charge < -0.3 is 26.4 Å². The average Bonchev–Trinajstić information content (AvgIpc) is 3.54. The first-order valence-corrected chi connectivity index (χ1v) is 29.9. The lowest BCUT2D eigenvalue weighted by molar-refractivity contribution is -0.0230. The molecule has 0 spiro atoms. The summed E-state index contributed by atoms with van der Waals surface area (Å²) in [4.78, 5) is 38.4. The molecule has 6 N–H and O–H groups in total. The number of ketones is 2. The molecular formula is C71H127N9O3. The third-order valence-electron chi connectivity index (χ3n) is 7.47. The second kappa shape index (κ2) is 83.8. The number of hydrogen-bond acceptors (Lipinski definition) is 10. The molecule has 1 unspecified atom stereocenters. The lowest BCUT2D eigenvalue weighted by Gasteiger charge is -2.20. The number of guanidine groups is 1. The molecule has 12 heteroatoms. The van der Waals surface area contributed by atoms with E-state index < -0.39 is 0 Å². The van der Waals surface area contributed by atoms with Crippen molar-refractivity contribution >= 4 is 34.8 Å². The van der Waals surface area contributed by atoms with Gasteiger partial charge in [-0.05, 0) is 58.4 Å². The second-order valence-electron chi connectivity index (χ2n) is 14.9. The van der Waals surface area contributed by atoms with Gasteiger partial charge >= 0.3 is 0 Å². The average molecular weight is 1150 g/mol. The summed E-state index contributed by atoms with van der Waals surface area (Å²) in [6.07, 6.45) is 8.86. The highest BCUT2D eigenvalue weighted by atomic mass is 16.5. The number of aliphatic imine (C=N–C) groups is 1. The zero-order valence-electron chi connectivity index (χ0n) is 57.1. The van der Waals surface area contributed by atoms with Crippen LogP contribution in [0, 0.1) is 0 Å². The van der Waals surface area contributed by atoms with Gasteiger partial charge in [0.1, 0.15) is 0 Å². The number of hydrogen-bond donors (Lipinski definition) is 4. The number of allylic oxidation sites excluding steroid dienone is 1. The van der Waals surface area contributed by atoms with Crippen LogP contribution >= 0.6 is 0 Å². The Kier molecular flexibility index (Phi) is 99.1. The number of nitrogens with zero attached hydrogens (tertiary/aromatic N) is 5. The quantitative estimate of drug-likeness (QED) is 0.0321. The van der Waals surface area contributed by atoms with Gasteiger partial charge in [0.25, 0.3) is 0 Å². The molecule has 0 saturated heterocycles. The zero-order valence-corrected chi connectivity index (χ0v) is 57.1. The molecule has 0 aliphatic rings. The van der Waals surface area contributed by atoms with E-state index in [-0.39, 0.29) is 31.3 Å². The summed E-state index contributed by atoms with van der Waals surface area (Å²) in [7, 11) is 11.2. The molecule has 474 valence electrons. The summed E-state index contributed by atoms with van der Waals surface area (Å²) in [6, 6.07) is 49.7. The number of Topliss-reactive ketones (excluding diaryl/α,β-unsaturated/α-hetero) is 1. The van der Waals surface area contributed by atoms with E-state index in [4.69, 9.17) is 16.2 Å². The van der Waals surface area contributed by atoms with Crippen LogP contribution in [0.15, 0.2) is 181 Å². The lowest BCUT2D eigenvalue weighted by atomic mass is 10.1. The highest BCUT2D eigenvalue weighted by molar-refractivity contribution is 6.04. The molecular weight excluding hydrogens is 1030 g/mol. The van der Waals surface area contributed by atoms with E-state index in [9.17, 15) is 9.59 Å². The largest absolute Gasteiger partial charge is 0.383 e. The van der Waals surface area contributed by atoms with Gasteiger partial charge in [-0.15, -0.1) is 0 Å². The van der Waals surface area contributed by atoms with E-state index >= 15 is 0 Å². The number of carbonyl (C=O) groups excluding carboxylic acids is 2. The van der Waals surface area contributed by atoms with E-state index in [2.05, 4.69) is 67.1 Å². The predicted molar refractivity (Wildman–Crippen MR) is 377 cm³/mol. The molecule has 0 radical (unpaired) electrons. The number of ether oxygens (including phenoxy) is 1. The fourth-order valence-corrected chi connectivity index (χ4v) is 4.67. The van der Waals surface area contributed by atoms with Crippen LogP contribution in [0.4, 0.5) is 17.3 Å². The molecule has 1 aromatic heterocycles. The fraction of sp³-hybridized carbons (Fsp3) is 0.451. The Bertz CT molecular complexity index is 2130. The van der Waals surface area contributed by atoms with Crippen molar-refractivity contribution in [2.75, 3.05) is 47.7 Å². The van der Waals surface area contributed by atoms with E-state index in [1.165, 1.54) is 19.3 Å². The summed E-state index contributed by atoms with van der Waals surface area (Å²) in [6.45, 7) is 42.3. The molecule has 0 amide bonds. The molecule has 0 aliphatic heterocycles. The Balaban J connectivity index is -0.0000000937. The molecule has 0 saturated carbocycles. The number of nitrogens with two attached hydrogens (primary N) is 2. The number of methoxy groups -OCH3 is 1. The smallest absolute Gasteiger partial charge is 0.227 e. The maximum absolute atomic E-state index is 11.4. The van der Waals surface area contributed by atoms with Crippen molar-refractivity contribution in [3.63, 3.8) is 0 Å². The van der Waals surface area contributed by atoms with Crippen molar-refractivity contribution in [2.45, 2.75) is 178 Å². The number of anilines is 2. The number of nitrogens with one attached hydrogen (secondary N) is 2. The Morgan fingerprint density at radius 3 is 1.22 bits per heavy atom. The minimum absolute atomic E-state index is 0. The first kappa shape index (κ1) is 98.1. The van der Waals surface area contributed by atoms with Gasteiger partial charge in [0, 0.05) is 62.1 Å². The van der Waals surface area contributed by atoms with Gasteiger partial charge in [-0.25, -0.2) is 15.0 Å². The topological polar surface area (TPSA) is 164 Å². The second-order valence-corrected chi connectivity index (χ2v) is 14.9. The van der Waals surface area contributed by atoms with Crippen molar-refractivity contribution in [3.05, 3.63) is 187 Å². The summed E-state index contributed by atoms with van der Waals surface area (Å²) in [5, 5.41) is 6.15. The van der Waals surface area contributed by atoms with Crippen LogP contribution in [0.1, 0.15) is 193 Å². The highest BCUT2D eigenvalue weighted by Crippen LogP contribution is 2.19. The molecule has 6 rings (SSSR count). The van der Waals surface area contributed by atoms with Crippen LogP contribution in [0.3, 0.4) is 0 Å². The molecule has 0 aliphatic carbocycles. The first-order valence-electron chi connectivity index (χ1n) is 29.9. The Morgan fingerprint density at radius 1 is 0.566 bits per heavy atom. The molecule has 0 bridgehead atoms. The maximum atomic E-state index is 11.4. The summed E-state index contributed by atoms with van der Waals surface area (Å²) >= 11 is 0. The van der Waals surface area contributed by atoms with Crippen LogP contribution in [-0.4, -0.2) is 86.0 Å². The van der Waals surface area contributed by atoms with Crippen molar-refractivity contribution in [1.29, 1.82) is 0 Å². The van der Waals surface area contributed by atoms with Crippen molar-refractivity contribution in [1.82, 2.24) is 25.1 Å². The summed E-state index contributed by atoms with van der Waals surface area (Å²) in [5.74, 6) is 0.851. The van der Waals surface area contributed by atoms with Crippen LogP contribution in [0.25, 0.3) is 11.3 Å². The minimum Gasteiger partial charge on any atom is -0.383 e. The number of rotatable bonds is 11. The van der Waals surface area contributed by atoms with E-state index in [0.29, 0.717) is 5.95 Å². The number of para-hydroxylation sites is 2. The van der Waals surface area contributed by atoms with Crippen LogP contribution < -0.4 is 22.1 Å². The Labute approximate surface area is 513 Å². The third kappa shape index (κ3) is 69.2. The molecule has 5 aromatic carbocycles. The maximum Gasteiger partial charge on any atom is 0.227 e. The van der Waals surface area contributed by atoms with Crippen LogP contribution in [0.2, 0.25) is 0 Å². The van der Waals surface area contributed by atoms with Crippen molar-refractivity contribution in [2.24, 2.45) is 16.5 Å². The van der Waals surface area contributed by atoms with Crippen molar-refractivity contribution in [3.8, 4) is 11.3 Å². The molecule has 6 aromatic rings. The normalized spacial score (nSPS) is 8.53. The van der Waals surface area contributed by atoms with Gasteiger partial charge in [-0.1, -0.05) is 293 Å². The van der Waals surface area contributed by atoms with Gasteiger partial charge in [-0.2, -0.15) is 0 Å². The SMILES string of the molecule is C.CC.CC.CC.CC.CC.CC.CC.CC(=O)c1ccccc1.CCC.CCC.CCC.CN(C)/C=C/C(=O)c1ccccc1.CNC(OC)N(C)C.NC(N)=Nc1ccccc1.c1ccc(Nc2nccc(-c3ccccc3)n2)cc1. The fourth-order valence-electron chi connectivity index (χ4n) is 4.67. The first-order chi connectivity index (χ1) is 39.7. The predicted octanol–water partition coefficient (Wildman–Crippen LogP) is 20.1. The van der Waals surface area contributed by atoms with E-state index in [1.54, 1.807) is 32.5 Å². The standard InChI is InChI=1S/C16H13N3.C11H13NO.C8H8O.C7H9N3.C5H14N2O.3C3H8.7C2H6.CH4/c1-3-7-13(8-4-1)15-11-12-17-16(19-15)18-14-9-5-2-6-10-14;1-12(2)9-8-11(13)10-6-4-3-5-7-10;1-7(9)8-5-3-2-4-6-8;8-7(9)10-6-4-2-1-3-5-6;1-6-5(8-4)7(2)3;3*1-3-2;7*1-2;/h1-12H,(H,17,18,19);3-9H,1-2H3;2-6H,1H3;1-5H,(H4,8,9,10);5-6H,1-4H3;3*3H2,1-2H3;7*1-2H3;1H4/b;9-8+;;;;;;;;;;;;;;. The van der Waals surface area contributed by atoms with E-state index in [1.807, 2.05) is 300 Å². The Hall–Kier alpha value is -6.99. The highest BCUT2D eigenvalue weighted by Gasteiger charge is 2.04. The minimum atomic E-state index is 0. The lowest BCUT2D eigenvalue weighted by Crippen LogP contribution is -2.40. The number of carbonyl (C=O) groups is 2. The molecule has 1 atom stereocenters. The monoisotopic (exact) mass is 1150 g/mol. The third-order valence-corrected chi connectivity index (χ3v) is 7.47. The van der Waals surface area contributed by atoms with Gasteiger partial charge in [0.2, 0.25) is 5.95 Å². The van der Waals surface area contributed by atoms with E-state index in [0.717, 1.165) is 33.8 Å².